The average Bonchev–Trinajstić information content (AvgIpc) is 2.85. The van der Waals surface area contributed by atoms with Crippen molar-refractivity contribution in [3.8, 4) is 0 Å². The van der Waals surface area contributed by atoms with Gasteiger partial charge >= 0.3 is 6.18 Å². The van der Waals surface area contributed by atoms with Crippen molar-refractivity contribution in [2.24, 2.45) is 5.92 Å². The molecule has 1 aromatic rings. The third-order valence-electron chi connectivity index (χ3n) is 3.97. The largest absolute Gasteiger partial charge is 0.416 e. The first-order valence-corrected chi connectivity index (χ1v) is 6.96. The lowest BCUT2D eigenvalue weighted by molar-refractivity contribution is -0.137. The summed E-state index contributed by atoms with van der Waals surface area (Å²) in [5.41, 5.74) is -1.86. The van der Waals surface area contributed by atoms with E-state index in [-0.39, 0.29) is 24.6 Å². The van der Waals surface area contributed by atoms with Gasteiger partial charge in [-0.25, -0.2) is 0 Å². The van der Waals surface area contributed by atoms with E-state index in [1.807, 2.05) is 4.90 Å². The summed E-state index contributed by atoms with van der Waals surface area (Å²) in [6, 6.07) is 4.82. The molecule has 3 nitrogen and oxygen atoms in total. The number of halogens is 3. The van der Waals surface area contributed by atoms with Gasteiger partial charge in [0.05, 0.1) is 11.2 Å². The average molecular weight is 303 g/mol. The molecule has 0 radical (unpaired) electrons. The van der Waals surface area contributed by atoms with E-state index in [4.69, 9.17) is 5.11 Å². The van der Waals surface area contributed by atoms with Crippen LogP contribution < -0.4 is 0 Å². The third kappa shape index (κ3) is 3.96. The number of nitrogens with zero attached hydrogens (tertiary/aromatic N) is 1. The summed E-state index contributed by atoms with van der Waals surface area (Å²) in [4.78, 5) is 1.97. The summed E-state index contributed by atoms with van der Waals surface area (Å²) in [5, 5.41) is 19.6. The molecule has 1 aliphatic rings. The normalized spacial score (nSPS) is 23.2. The number of likely N-dealkylation sites (tertiary alicyclic amines) is 1. The zero-order valence-electron chi connectivity index (χ0n) is 11.9. The highest BCUT2D eigenvalue weighted by atomic mass is 19.4. The van der Waals surface area contributed by atoms with Crippen LogP contribution in [0.4, 0.5) is 13.2 Å². The first-order chi connectivity index (χ1) is 9.72. The number of aliphatic hydroxyl groups is 2. The summed E-state index contributed by atoms with van der Waals surface area (Å²) < 4.78 is 38.2. The van der Waals surface area contributed by atoms with E-state index < -0.39 is 17.3 Å². The van der Waals surface area contributed by atoms with Crippen molar-refractivity contribution in [1.29, 1.82) is 0 Å². The molecule has 1 aliphatic heterocycles. The number of aliphatic hydroxyl groups excluding tert-OH is 1. The van der Waals surface area contributed by atoms with Crippen LogP contribution in [0.1, 0.15) is 24.5 Å². The lowest BCUT2D eigenvalue weighted by atomic mass is 9.93. The van der Waals surface area contributed by atoms with Gasteiger partial charge in [0.1, 0.15) is 0 Å². The van der Waals surface area contributed by atoms with Crippen molar-refractivity contribution >= 4 is 0 Å². The number of alkyl halides is 3. The van der Waals surface area contributed by atoms with Gasteiger partial charge in [-0.1, -0.05) is 12.1 Å². The fourth-order valence-corrected chi connectivity index (χ4v) is 2.76. The Balaban J connectivity index is 2.12. The van der Waals surface area contributed by atoms with Gasteiger partial charge in [0.2, 0.25) is 0 Å². The molecule has 6 heteroatoms. The summed E-state index contributed by atoms with van der Waals surface area (Å²) in [6.45, 7) is 3.27. The second-order valence-electron chi connectivity index (χ2n) is 5.92. The molecule has 1 aromatic carbocycles. The molecule has 0 bridgehead atoms. The molecule has 21 heavy (non-hydrogen) atoms. The Bertz CT molecular complexity index is 488. The Morgan fingerprint density at radius 3 is 2.52 bits per heavy atom. The molecule has 0 spiro atoms. The fraction of sp³-hybridized carbons (Fsp3) is 0.600. The molecule has 1 saturated heterocycles. The monoisotopic (exact) mass is 303 g/mol. The first-order valence-electron chi connectivity index (χ1n) is 6.96. The minimum atomic E-state index is -4.41. The molecule has 1 fully saturated rings. The predicted molar refractivity (Wildman–Crippen MR) is 72.6 cm³/mol. The Kier molecular flexibility index (Phi) is 4.60. The van der Waals surface area contributed by atoms with Crippen LogP contribution in [0.5, 0.6) is 0 Å². The molecule has 0 saturated carbocycles. The van der Waals surface area contributed by atoms with Crippen LogP contribution >= 0.6 is 0 Å². The van der Waals surface area contributed by atoms with Gasteiger partial charge in [-0.3, -0.25) is 4.90 Å². The van der Waals surface area contributed by atoms with Crippen LogP contribution in [0.3, 0.4) is 0 Å². The SMILES string of the molecule is CC(O)(CN1CCC(CO)C1)c1cccc(C(F)(F)F)c1. The molecule has 2 atom stereocenters. The van der Waals surface area contributed by atoms with Crippen LogP contribution in [0, 0.1) is 5.92 Å². The topological polar surface area (TPSA) is 43.7 Å². The fourth-order valence-electron chi connectivity index (χ4n) is 2.76. The van der Waals surface area contributed by atoms with Crippen molar-refractivity contribution in [2.75, 3.05) is 26.2 Å². The van der Waals surface area contributed by atoms with Crippen LogP contribution in [-0.2, 0) is 11.8 Å². The first kappa shape index (κ1) is 16.3. The van der Waals surface area contributed by atoms with Crippen molar-refractivity contribution < 1.29 is 23.4 Å². The van der Waals surface area contributed by atoms with Crippen molar-refractivity contribution in [1.82, 2.24) is 4.90 Å². The Hall–Kier alpha value is -1.11. The lowest BCUT2D eigenvalue weighted by Gasteiger charge is -2.30. The minimum Gasteiger partial charge on any atom is -0.396 e. The summed E-state index contributed by atoms with van der Waals surface area (Å²) >= 11 is 0. The van der Waals surface area contributed by atoms with Crippen molar-refractivity contribution in [2.45, 2.75) is 25.1 Å². The number of hydrogen-bond acceptors (Lipinski definition) is 3. The van der Waals surface area contributed by atoms with E-state index in [0.29, 0.717) is 6.54 Å². The smallest absolute Gasteiger partial charge is 0.396 e. The molecule has 2 unspecified atom stereocenters. The van der Waals surface area contributed by atoms with E-state index in [1.165, 1.54) is 19.1 Å². The number of rotatable bonds is 4. The minimum absolute atomic E-state index is 0.0994. The molecule has 1 heterocycles. The van der Waals surface area contributed by atoms with Gasteiger partial charge in [-0.2, -0.15) is 13.2 Å². The number of benzene rings is 1. The molecular formula is C15H20F3NO2. The molecule has 0 aliphatic carbocycles. The zero-order valence-corrected chi connectivity index (χ0v) is 11.9. The van der Waals surface area contributed by atoms with Crippen LogP contribution in [0.15, 0.2) is 24.3 Å². The van der Waals surface area contributed by atoms with Gasteiger partial charge in [0, 0.05) is 19.7 Å². The maximum Gasteiger partial charge on any atom is 0.416 e. The van der Waals surface area contributed by atoms with E-state index in [0.717, 1.165) is 25.1 Å². The summed E-state index contributed by atoms with van der Waals surface area (Å²) in [5.74, 6) is 0.183. The Labute approximate surface area is 122 Å². The van der Waals surface area contributed by atoms with E-state index in [1.54, 1.807) is 0 Å². The quantitative estimate of drug-likeness (QED) is 0.896. The molecule has 2 rings (SSSR count). The molecular weight excluding hydrogens is 283 g/mol. The van der Waals surface area contributed by atoms with E-state index in [2.05, 4.69) is 0 Å². The van der Waals surface area contributed by atoms with Gasteiger partial charge in [-0.05, 0) is 43.5 Å². The Morgan fingerprint density at radius 2 is 1.95 bits per heavy atom. The second-order valence-corrected chi connectivity index (χ2v) is 5.92. The molecule has 0 aromatic heterocycles. The van der Waals surface area contributed by atoms with Crippen LogP contribution in [-0.4, -0.2) is 41.4 Å². The standard InChI is InChI=1S/C15H20F3NO2/c1-14(21,10-19-6-5-11(8-19)9-20)12-3-2-4-13(7-12)15(16,17)18/h2-4,7,11,20-21H,5-6,8-10H2,1H3. The number of hydrogen-bond donors (Lipinski definition) is 2. The van der Waals surface area contributed by atoms with E-state index >= 15 is 0 Å². The summed E-state index contributed by atoms with van der Waals surface area (Å²) in [6.07, 6.45) is -3.57. The maximum atomic E-state index is 12.7. The van der Waals surface area contributed by atoms with Crippen molar-refractivity contribution in [3.05, 3.63) is 35.4 Å². The van der Waals surface area contributed by atoms with Crippen LogP contribution in [0.2, 0.25) is 0 Å². The maximum absolute atomic E-state index is 12.7. The lowest BCUT2D eigenvalue weighted by Crippen LogP contribution is -2.38. The van der Waals surface area contributed by atoms with Crippen molar-refractivity contribution in [3.63, 3.8) is 0 Å². The predicted octanol–water partition coefficient (Wildman–Crippen LogP) is 2.23. The van der Waals surface area contributed by atoms with Crippen LogP contribution in [0.25, 0.3) is 0 Å². The summed E-state index contributed by atoms with van der Waals surface area (Å²) in [7, 11) is 0. The molecule has 118 valence electrons. The highest BCUT2D eigenvalue weighted by Crippen LogP contribution is 2.33. The van der Waals surface area contributed by atoms with Gasteiger partial charge in [0.15, 0.2) is 0 Å². The van der Waals surface area contributed by atoms with E-state index in [9.17, 15) is 18.3 Å². The highest BCUT2D eigenvalue weighted by molar-refractivity contribution is 5.29. The van der Waals surface area contributed by atoms with Gasteiger partial charge in [0.25, 0.3) is 0 Å². The molecule has 2 N–H and O–H groups in total. The highest BCUT2D eigenvalue weighted by Gasteiger charge is 2.34. The molecule has 0 amide bonds. The second kappa shape index (κ2) is 5.94. The van der Waals surface area contributed by atoms with Gasteiger partial charge < -0.3 is 10.2 Å². The Morgan fingerprint density at radius 1 is 1.29 bits per heavy atom. The number of β-amino-alcohol motifs (C(OH)–C–C–N with tert-alkyl or cyclic N) is 1. The van der Waals surface area contributed by atoms with Gasteiger partial charge in [-0.15, -0.1) is 0 Å². The zero-order chi connectivity index (χ0) is 15.7. The third-order valence-corrected chi connectivity index (χ3v) is 3.97.